The van der Waals surface area contributed by atoms with Crippen molar-refractivity contribution < 1.29 is 4.79 Å². The highest BCUT2D eigenvalue weighted by Crippen LogP contribution is 2.15. The molecule has 1 aromatic rings. The van der Waals surface area contributed by atoms with E-state index in [0.29, 0.717) is 17.6 Å². The SMILES string of the molecule is CCC(C)NCC(=O)N[C@H](C)c1ccc(Cl)cc1. The van der Waals surface area contributed by atoms with Gasteiger partial charge in [-0.1, -0.05) is 30.7 Å². The van der Waals surface area contributed by atoms with E-state index >= 15 is 0 Å². The summed E-state index contributed by atoms with van der Waals surface area (Å²) in [6, 6.07) is 7.87. The minimum absolute atomic E-state index is 0.00602. The zero-order chi connectivity index (χ0) is 13.5. The molecule has 100 valence electrons. The summed E-state index contributed by atoms with van der Waals surface area (Å²) in [6.45, 7) is 6.47. The van der Waals surface area contributed by atoms with Crippen molar-refractivity contribution in [2.75, 3.05) is 6.54 Å². The fraction of sp³-hybridized carbons (Fsp3) is 0.500. The smallest absolute Gasteiger partial charge is 0.234 e. The molecule has 0 aliphatic heterocycles. The van der Waals surface area contributed by atoms with Gasteiger partial charge in [0.25, 0.3) is 0 Å². The zero-order valence-corrected chi connectivity index (χ0v) is 11.9. The largest absolute Gasteiger partial charge is 0.348 e. The van der Waals surface area contributed by atoms with E-state index in [1.807, 2.05) is 31.2 Å². The zero-order valence-electron chi connectivity index (χ0n) is 11.2. The number of amides is 1. The van der Waals surface area contributed by atoms with Gasteiger partial charge in [0.1, 0.15) is 0 Å². The second kappa shape index (κ2) is 7.39. The third kappa shape index (κ3) is 5.07. The fourth-order valence-corrected chi connectivity index (χ4v) is 1.66. The molecule has 0 bridgehead atoms. The molecule has 3 nitrogen and oxygen atoms in total. The summed E-state index contributed by atoms with van der Waals surface area (Å²) in [4.78, 5) is 11.7. The fourth-order valence-electron chi connectivity index (χ4n) is 1.54. The molecule has 2 atom stereocenters. The number of carbonyl (C=O) groups excluding carboxylic acids is 1. The summed E-state index contributed by atoms with van der Waals surface area (Å²) in [5.41, 5.74) is 1.05. The number of hydrogen-bond acceptors (Lipinski definition) is 2. The van der Waals surface area contributed by atoms with Crippen molar-refractivity contribution in [3.8, 4) is 0 Å². The van der Waals surface area contributed by atoms with Crippen LogP contribution in [0.15, 0.2) is 24.3 Å². The van der Waals surface area contributed by atoms with E-state index in [9.17, 15) is 4.79 Å². The number of nitrogens with one attached hydrogen (secondary N) is 2. The van der Waals surface area contributed by atoms with Crippen molar-refractivity contribution in [1.29, 1.82) is 0 Å². The molecule has 2 N–H and O–H groups in total. The minimum atomic E-state index is -0.00602. The standard InChI is InChI=1S/C14H21ClN2O/c1-4-10(2)16-9-14(18)17-11(3)12-5-7-13(15)8-6-12/h5-8,10-11,16H,4,9H2,1-3H3,(H,17,18)/t10?,11-/m1/s1. The molecule has 1 unspecified atom stereocenters. The molecule has 0 aliphatic carbocycles. The van der Waals surface area contributed by atoms with Gasteiger partial charge in [0, 0.05) is 11.1 Å². The maximum absolute atomic E-state index is 11.7. The highest BCUT2D eigenvalue weighted by molar-refractivity contribution is 6.30. The molecular formula is C14H21ClN2O. The molecule has 0 saturated carbocycles. The van der Waals surface area contributed by atoms with Gasteiger partial charge in [-0.15, -0.1) is 0 Å². The molecule has 1 rings (SSSR count). The summed E-state index contributed by atoms with van der Waals surface area (Å²) in [5, 5.41) is 6.82. The Balaban J connectivity index is 2.42. The van der Waals surface area contributed by atoms with Crippen LogP contribution in [0.25, 0.3) is 0 Å². The van der Waals surface area contributed by atoms with Gasteiger partial charge < -0.3 is 10.6 Å². The van der Waals surface area contributed by atoms with Crippen LogP contribution >= 0.6 is 11.6 Å². The topological polar surface area (TPSA) is 41.1 Å². The maximum atomic E-state index is 11.7. The molecule has 4 heteroatoms. The van der Waals surface area contributed by atoms with Gasteiger partial charge in [-0.05, 0) is 38.0 Å². The van der Waals surface area contributed by atoms with E-state index in [2.05, 4.69) is 24.5 Å². The normalized spacial score (nSPS) is 14.0. The molecule has 0 saturated heterocycles. The Kier molecular flexibility index (Phi) is 6.16. The summed E-state index contributed by atoms with van der Waals surface area (Å²) in [5.74, 6) is 0.0118. The van der Waals surface area contributed by atoms with E-state index in [-0.39, 0.29) is 11.9 Å². The Hall–Kier alpha value is -1.06. The highest BCUT2D eigenvalue weighted by atomic mass is 35.5. The first-order chi connectivity index (χ1) is 8.52. The van der Waals surface area contributed by atoms with Gasteiger partial charge in [0.05, 0.1) is 12.6 Å². The summed E-state index contributed by atoms with van der Waals surface area (Å²) in [7, 11) is 0. The predicted octanol–water partition coefficient (Wildman–Crippen LogP) is 2.91. The monoisotopic (exact) mass is 268 g/mol. The van der Waals surface area contributed by atoms with Crippen LogP contribution in [0.5, 0.6) is 0 Å². The first-order valence-electron chi connectivity index (χ1n) is 6.31. The molecule has 0 heterocycles. The van der Waals surface area contributed by atoms with Crippen molar-refractivity contribution >= 4 is 17.5 Å². The first kappa shape index (κ1) is 15.0. The lowest BCUT2D eigenvalue weighted by molar-refractivity contribution is -0.121. The maximum Gasteiger partial charge on any atom is 0.234 e. The van der Waals surface area contributed by atoms with Crippen LogP contribution in [0.3, 0.4) is 0 Å². The van der Waals surface area contributed by atoms with Gasteiger partial charge >= 0.3 is 0 Å². The Labute approximate surface area is 114 Å². The lowest BCUT2D eigenvalue weighted by Gasteiger charge is -2.16. The summed E-state index contributed by atoms with van der Waals surface area (Å²) in [6.07, 6.45) is 1.01. The molecule has 18 heavy (non-hydrogen) atoms. The van der Waals surface area contributed by atoms with Crippen molar-refractivity contribution in [2.45, 2.75) is 39.3 Å². The Morgan fingerprint density at radius 1 is 1.28 bits per heavy atom. The van der Waals surface area contributed by atoms with E-state index in [4.69, 9.17) is 11.6 Å². The van der Waals surface area contributed by atoms with E-state index in [1.165, 1.54) is 0 Å². The minimum Gasteiger partial charge on any atom is -0.348 e. The Bertz CT molecular complexity index is 378. The van der Waals surface area contributed by atoms with Crippen molar-refractivity contribution in [1.82, 2.24) is 10.6 Å². The Morgan fingerprint density at radius 3 is 2.44 bits per heavy atom. The van der Waals surface area contributed by atoms with Gasteiger partial charge in [-0.3, -0.25) is 4.79 Å². The quantitative estimate of drug-likeness (QED) is 0.833. The predicted molar refractivity (Wildman–Crippen MR) is 75.8 cm³/mol. The first-order valence-corrected chi connectivity index (χ1v) is 6.69. The highest BCUT2D eigenvalue weighted by Gasteiger charge is 2.09. The average Bonchev–Trinajstić information content (AvgIpc) is 2.36. The van der Waals surface area contributed by atoms with Crippen LogP contribution in [0.2, 0.25) is 5.02 Å². The third-order valence-electron chi connectivity index (χ3n) is 2.97. The second-order valence-corrected chi connectivity index (χ2v) is 4.97. The van der Waals surface area contributed by atoms with Gasteiger partial charge in [0.15, 0.2) is 0 Å². The number of benzene rings is 1. The number of carbonyl (C=O) groups is 1. The van der Waals surface area contributed by atoms with Crippen molar-refractivity contribution in [3.05, 3.63) is 34.9 Å². The molecule has 1 amide bonds. The van der Waals surface area contributed by atoms with Gasteiger partial charge in [-0.25, -0.2) is 0 Å². The summed E-state index contributed by atoms with van der Waals surface area (Å²) < 4.78 is 0. The summed E-state index contributed by atoms with van der Waals surface area (Å²) >= 11 is 5.83. The van der Waals surface area contributed by atoms with Crippen LogP contribution in [0.4, 0.5) is 0 Å². The molecule has 1 aromatic carbocycles. The molecule has 0 fully saturated rings. The van der Waals surface area contributed by atoms with E-state index in [1.54, 1.807) is 0 Å². The second-order valence-electron chi connectivity index (χ2n) is 4.53. The van der Waals surface area contributed by atoms with Crippen LogP contribution in [-0.2, 0) is 4.79 Å². The van der Waals surface area contributed by atoms with Crippen molar-refractivity contribution in [3.63, 3.8) is 0 Å². The average molecular weight is 269 g/mol. The molecule has 0 spiro atoms. The third-order valence-corrected chi connectivity index (χ3v) is 3.22. The van der Waals surface area contributed by atoms with Gasteiger partial charge in [-0.2, -0.15) is 0 Å². The number of rotatable bonds is 6. The van der Waals surface area contributed by atoms with Crippen LogP contribution in [-0.4, -0.2) is 18.5 Å². The van der Waals surface area contributed by atoms with Crippen LogP contribution < -0.4 is 10.6 Å². The molecule has 0 aromatic heterocycles. The van der Waals surface area contributed by atoms with Crippen LogP contribution in [0.1, 0.15) is 38.8 Å². The van der Waals surface area contributed by atoms with Gasteiger partial charge in [0.2, 0.25) is 5.91 Å². The Morgan fingerprint density at radius 2 is 1.89 bits per heavy atom. The van der Waals surface area contributed by atoms with E-state index < -0.39 is 0 Å². The number of halogens is 1. The molecule has 0 radical (unpaired) electrons. The lowest BCUT2D eigenvalue weighted by atomic mass is 10.1. The number of hydrogen-bond donors (Lipinski definition) is 2. The van der Waals surface area contributed by atoms with Crippen molar-refractivity contribution in [2.24, 2.45) is 0 Å². The molecular weight excluding hydrogens is 248 g/mol. The lowest BCUT2D eigenvalue weighted by Crippen LogP contribution is -2.38. The van der Waals surface area contributed by atoms with Crippen LogP contribution in [0, 0.1) is 0 Å². The van der Waals surface area contributed by atoms with E-state index in [0.717, 1.165) is 12.0 Å². The molecule has 0 aliphatic rings.